The molecular formula is C24H29N5O5S. The summed E-state index contributed by atoms with van der Waals surface area (Å²) in [5.41, 5.74) is 2.33. The Morgan fingerprint density at radius 1 is 1.09 bits per heavy atom. The summed E-state index contributed by atoms with van der Waals surface area (Å²) in [6, 6.07) is 8.51. The largest absolute Gasteiger partial charge is 0.348 e. The van der Waals surface area contributed by atoms with E-state index in [1.54, 1.807) is 47.6 Å². The van der Waals surface area contributed by atoms with Gasteiger partial charge in [-0.2, -0.15) is 0 Å². The summed E-state index contributed by atoms with van der Waals surface area (Å²) in [5, 5.41) is 5.23. The second-order valence-corrected chi connectivity index (χ2v) is 10.8. The quantitative estimate of drug-likeness (QED) is 0.599. The molecule has 10 nitrogen and oxygen atoms in total. The van der Waals surface area contributed by atoms with Crippen molar-refractivity contribution < 1.29 is 22.8 Å². The molecule has 1 aromatic heterocycles. The topological polar surface area (TPSA) is 129 Å². The fraction of sp³-hybridized carbons (Fsp3) is 0.417. The molecule has 2 aromatic rings. The number of piperidine rings is 1. The van der Waals surface area contributed by atoms with Crippen molar-refractivity contribution in [3.05, 3.63) is 53.9 Å². The van der Waals surface area contributed by atoms with Gasteiger partial charge in [-0.1, -0.05) is 6.07 Å². The molecule has 4 rings (SSSR count). The van der Waals surface area contributed by atoms with Crippen LogP contribution in [0.5, 0.6) is 0 Å². The highest BCUT2D eigenvalue weighted by molar-refractivity contribution is 7.92. The molecule has 35 heavy (non-hydrogen) atoms. The number of amides is 3. The highest BCUT2D eigenvalue weighted by atomic mass is 32.2. The Labute approximate surface area is 204 Å². The monoisotopic (exact) mass is 499 g/mol. The van der Waals surface area contributed by atoms with Crippen molar-refractivity contribution in [1.29, 1.82) is 0 Å². The number of benzene rings is 1. The minimum Gasteiger partial charge on any atom is -0.348 e. The minimum absolute atomic E-state index is 0.0561. The summed E-state index contributed by atoms with van der Waals surface area (Å²) < 4.78 is 25.5. The lowest BCUT2D eigenvalue weighted by molar-refractivity contribution is -0.136. The van der Waals surface area contributed by atoms with Crippen LogP contribution in [0, 0.1) is 5.92 Å². The maximum atomic E-state index is 12.5. The highest BCUT2D eigenvalue weighted by Gasteiger charge is 2.26. The second kappa shape index (κ2) is 10.4. The Balaban J connectivity index is 1.27. The number of aryl methyl sites for hydroxylation is 1. The molecule has 0 radical (unpaired) electrons. The van der Waals surface area contributed by atoms with E-state index in [2.05, 4.69) is 15.6 Å². The number of anilines is 2. The van der Waals surface area contributed by atoms with Crippen LogP contribution in [0.15, 0.2) is 42.7 Å². The van der Waals surface area contributed by atoms with Gasteiger partial charge in [0, 0.05) is 44.3 Å². The molecule has 2 N–H and O–H groups in total. The molecule has 2 aliphatic rings. The molecule has 3 heterocycles. The molecule has 186 valence electrons. The maximum absolute atomic E-state index is 12.5. The molecule has 0 atom stereocenters. The van der Waals surface area contributed by atoms with E-state index in [4.69, 9.17) is 0 Å². The van der Waals surface area contributed by atoms with Gasteiger partial charge in [-0.25, -0.2) is 8.42 Å². The number of pyridine rings is 1. The molecule has 0 saturated carbocycles. The Bertz CT molecular complexity index is 1210. The van der Waals surface area contributed by atoms with E-state index in [9.17, 15) is 22.8 Å². The van der Waals surface area contributed by atoms with E-state index >= 15 is 0 Å². The van der Waals surface area contributed by atoms with Gasteiger partial charge in [0.1, 0.15) is 0 Å². The average Bonchev–Trinajstić information content (AvgIpc) is 2.86. The number of rotatable bonds is 5. The zero-order valence-corrected chi connectivity index (χ0v) is 20.4. The number of likely N-dealkylation sites (tertiary alicyclic amines) is 1. The first-order chi connectivity index (χ1) is 16.7. The lowest BCUT2D eigenvalue weighted by Gasteiger charge is -2.32. The molecule has 0 bridgehead atoms. The zero-order valence-electron chi connectivity index (χ0n) is 19.6. The van der Waals surface area contributed by atoms with E-state index in [1.165, 1.54) is 4.31 Å². The van der Waals surface area contributed by atoms with Gasteiger partial charge in [-0.15, -0.1) is 0 Å². The van der Waals surface area contributed by atoms with E-state index < -0.39 is 21.8 Å². The van der Waals surface area contributed by atoms with Gasteiger partial charge in [0.15, 0.2) is 0 Å². The summed E-state index contributed by atoms with van der Waals surface area (Å²) >= 11 is 0. The summed E-state index contributed by atoms with van der Waals surface area (Å²) in [4.78, 5) is 43.1. The Hall–Kier alpha value is -3.47. The summed E-state index contributed by atoms with van der Waals surface area (Å²) in [6.45, 7) is 1.88. The first-order valence-electron chi connectivity index (χ1n) is 11.6. The third-order valence-electron chi connectivity index (χ3n) is 6.39. The Kier molecular flexibility index (Phi) is 7.34. The molecule has 0 unspecified atom stereocenters. The van der Waals surface area contributed by atoms with E-state index in [0.29, 0.717) is 43.1 Å². The first-order valence-corrected chi connectivity index (χ1v) is 13.5. The maximum Gasteiger partial charge on any atom is 0.313 e. The van der Waals surface area contributed by atoms with Crippen molar-refractivity contribution in [2.75, 3.05) is 42.1 Å². The van der Waals surface area contributed by atoms with Gasteiger partial charge in [0.2, 0.25) is 10.0 Å². The third-order valence-corrected chi connectivity index (χ3v) is 7.57. The van der Waals surface area contributed by atoms with Gasteiger partial charge in [0.25, 0.3) is 5.91 Å². The lowest BCUT2D eigenvalue weighted by Crippen LogP contribution is -2.43. The number of fused-ring (bicyclic) bond motifs is 1. The van der Waals surface area contributed by atoms with Crippen LogP contribution in [0.1, 0.15) is 35.2 Å². The number of carbonyl (C=O) groups excluding carboxylic acids is 3. The normalized spacial score (nSPS) is 16.4. The molecule has 1 saturated heterocycles. The van der Waals surface area contributed by atoms with E-state index in [1.807, 2.05) is 0 Å². The number of hydrogen-bond donors (Lipinski definition) is 2. The van der Waals surface area contributed by atoms with Crippen LogP contribution in [0.3, 0.4) is 0 Å². The number of aromatic nitrogens is 1. The average molecular weight is 500 g/mol. The van der Waals surface area contributed by atoms with Gasteiger partial charge >= 0.3 is 11.8 Å². The Morgan fingerprint density at radius 2 is 1.86 bits per heavy atom. The molecular weight excluding hydrogens is 470 g/mol. The predicted octanol–water partition coefficient (Wildman–Crippen LogP) is 1.40. The van der Waals surface area contributed by atoms with Crippen LogP contribution in [-0.4, -0.2) is 68.5 Å². The molecule has 0 spiro atoms. The van der Waals surface area contributed by atoms with Crippen LogP contribution in [0.2, 0.25) is 0 Å². The number of hydrogen-bond acceptors (Lipinski definition) is 6. The van der Waals surface area contributed by atoms with E-state index in [0.717, 1.165) is 37.5 Å². The smallest absolute Gasteiger partial charge is 0.313 e. The van der Waals surface area contributed by atoms with Crippen LogP contribution < -0.4 is 14.9 Å². The van der Waals surface area contributed by atoms with Crippen LogP contribution in [0.25, 0.3) is 0 Å². The van der Waals surface area contributed by atoms with Gasteiger partial charge < -0.3 is 15.5 Å². The fourth-order valence-corrected chi connectivity index (χ4v) is 5.47. The van der Waals surface area contributed by atoms with Crippen molar-refractivity contribution in [2.24, 2.45) is 5.92 Å². The van der Waals surface area contributed by atoms with Crippen molar-refractivity contribution in [2.45, 2.75) is 25.7 Å². The highest BCUT2D eigenvalue weighted by Crippen LogP contribution is 2.31. The second-order valence-electron chi connectivity index (χ2n) is 8.92. The summed E-state index contributed by atoms with van der Waals surface area (Å²) in [5.74, 6) is -1.45. The molecule has 11 heteroatoms. The SMILES string of the molecule is CS(=O)(=O)N1CCCc2ccc(NC(=O)C(=O)NCC3CCN(C(=O)c4cccnc4)CC3)cc21. The van der Waals surface area contributed by atoms with Crippen molar-refractivity contribution >= 4 is 39.1 Å². The number of nitrogens with zero attached hydrogens (tertiary/aromatic N) is 3. The molecule has 0 aliphatic carbocycles. The lowest BCUT2D eigenvalue weighted by atomic mass is 9.96. The predicted molar refractivity (Wildman–Crippen MR) is 131 cm³/mol. The number of sulfonamides is 1. The molecule has 2 aliphatic heterocycles. The van der Waals surface area contributed by atoms with Crippen molar-refractivity contribution in [3.63, 3.8) is 0 Å². The van der Waals surface area contributed by atoms with Gasteiger partial charge in [0.05, 0.1) is 17.5 Å². The van der Waals surface area contributed by atoms with Crippen molar-refractivity contribution in [1.82, 2.24) is 15.2 Å². The number of nitrogens with one attached hydrogen (secondary N) is 2. The molecule has 3 amide bonds. The van der Waals surface area contributed by atoms with E-state index in [-0.39, 0.29) is 11.8 Å². The summed E-state index contributed by atoms with van der Waals surface area (Å²) in [6.07, 6.45) is 7.25. The fourth-order valence-electron chi connectivity index (χ4n) is 4.48. The number of carbonyl (C=O) groups is 3. The Morgan fingerprint density at radius 3 is 2.54 bits per heavy atom. The summed E-state index contributed by atoms with van der Waals surface area (Å²) in [7, 11) is -3.43. The van der Waals surface area contributed by atoms with Crippen LogP contribution >= 0.6 is 0 Å². The van der Waals surface area contributed by atoms with Gasteiger partial charge in [-0.3, -0.25) is 23.7 Å². The standard InChI is InChI=1S/C24H29N5O5S/c1-35(33,34)29-11-3-5-18-6-7-20(14-21(18)29)27-23(31)22(30)26-15-17-8-12-28(13-9-17)24(32)19-4-2-10-25-16-19/h2,4,6-7,10,14,16-17H,3,5,8-9,11-13,15H2,1H3,(H,26,30)(H,27,31). The molecule has 1 fully saturated rings. The molecule has 1 aromatic carbocycles. The minimum atomic E-state index is -3.43. The third kappa shape index (κ3) is 5.97. The zero-order chi connectivity index (χ0) is 25.0. The first kappa shape index (κ1) is 24.6. The van der Waals surface area contributed by atoms with Crippen molar-refractivity contribution in [3.8, 4) is 0 Å². The van der Waals surface area contributed by atoms with Crippen LogP contribution in [0.4, 0.5) is 11.4 Å². The van der Waals surface area contributed by atoms with Crippen LogP contribution in [-0.2, 0) is 26.0 Å². The van der Waals surface area contributed by atoms with Gasteiger partial charge in [-0.05, 0) is 61.4 Å².